The van der Waals surface area contributed by atoms with Crippen LogP contribution in [0.5, 0.6) is 0 Å². The van der Waals surface area contributed by atoms with Crippen LogP contribution in [0.3, 0.4) is 0 Å². The van der Waals surface area contributed by atoms with Crippen LogP contribution in [0.4, 0.5) is 0 Å². The largest absolute Gasteiger partial charge is 2.00 e. The molecule has 0 aromatic rings. The Morgan fingerprint density at radius 1 is 0.846 bits per heavy atom. The normalized spacial score (nSPS) is 26.9. The van der Waals surface area contributed by atoms with Crippen molar-refractivity contribution in [2.24, 2.45) is 0 Å². The van der Waals surface area contributed by atoms with Gasteiger partial charge in [0.05, 0.1) is 0 Å². The number of alkyl halides is 2. The second-order valence-corrected chi connectivity index (χ2v) is 4.21. The van der Waals surface area contributed by atoms with E-state index in [2.05, 4.69) is 44.0 Å². The first-order valence-electron chi connectivity index (χ1n) is 3.59. The summed E-state index contributed by atoms with van der Waals surface area (Å²) in [6, 6.07) is 0. The molecule has 2 rings (SSSR count). The first-order valence-corrected chi connectivity index (χ1v) is 5.42. The standard InChI is InChI=1S/2C5H4Br.Fe/c2*6-5-3-1-2-4-5;/h2*1-3,5H;/q2*-1;+2. The Bertz CT molecular complexity index is 191. The molecule has 3 heteroatoms. The molecule has 0 aromatic carbocycles. The molecule has 0 bridgehead atoms. The number of rotatable bonds is 0. The maximum Gasteiger partial charge on any atom is 2.00 e. The molecule has 0 radical (unpaired) electrons. The van der Waals surface area contributed by atoms with Gasteiger partial charge in [-0.05, 0) is 9.65 Å². The van der Waals surface area contributed by atoms with Gasteiger partial charge in [-0.1, -0.05) is 0 Å². The molecular formula is C10H8Br2Fe. The van der Waals surface area contributed by atoms with Gasteiger partial charge in [-0.25, -0.2) is 24.3 Å². The van der Waals surface area contributed by atoms with E-state index in [0.29, 0.717) is 9.65 Å². The van der Waals surface area contributed by atoms with Crippen LogP contribution in [0.15, 0.2) is 36.5 Å². The third-order valence-electron chi connectivity index (χ3n) is 1.26. The zero-order chi connectivity index (χ0) is 8.81. The van der Waals surface area contributed by atoms with Gasteiger partial charge in [0.25, 0.3) is 0 Å². The van der Waals surface area contributed by atoms with Gasteiger partial charge in [0.1, 0.15) is 0 Å². The predicted molar refractivity (Wildman–Crippen MR) is 59.3 cm³/mol. The average molecular weight is 344 g/mol. The van der Waals surface area contributed by atoms with Gasteiger partial charge < -0.3 is 0 Å². The van der Waals surface area contributed by atoms with Crippen molar-refractivity contribution in [3.63, 3.8) is 0 Å². The maximum absolute atomic E-state index is 3.31. The molecule has 0 heterocycles. The predicted octanol–water partition coefficient (Wildman–Crippen LogP) is 3.36. The first-order chi connectivity index (χ1) is 5.79. The molecule has 0 N–H and O–H groups in total. The van der Waals surface area contributed by atoms with Crippen molar-refractivity contribution in [2.75, 3.05) is 0 Å². The van der Waals surface area contributed by atoms with E-state index < -0.39 is 0 Å². The van der Waals surface area contributed by atoms with Crippen LogP contribution in [0, 0.1) is 12.2 Å². The van der Waals surface area contributed by atoms with Crippen molar-refractivity contribution in [3.8, 4) is 0 Å². The summed E-state index contributed by atoms with van der Waals surface area (Å²) in [6.45, 7) is 0. The van der Waals surface area contributed by atoms with E-state index in [0.717, 1.165) is 0 Å². The van der Waals surface area contributed by atoms with Gasteiger partial charge in [0.15, 0.2) is 0 Å². The van der Waals surface area contributed by atoms with Crippen LogP contribution in [0.25, 0.3) is 0 Å². The van der Waals surface area contributed by atoms with E-state index in [-0.39, 0.29) is 17.1 Å². The van der Waals surface area contributed by atoms with Gasteiger partial charge in [-0.2, -0.15) is 12.2 Å². The van der Waals surface area contributed by atoms with Crippen molar-refractivity contribution in [1.29, 1.82) is 0 Å². The Kier molecular flexibility index (Phi) is 8.07. The zero-order valence-corrected chi connectivity index (χ0v) is 11.0. The van der Waals surface area contributed by atoms with Crippen molar-refractivity contribution in [2.45, 2.75) is 9.65 Å². The molecule has 2 aliphatic carbocycles. The molecule has 2 aliphatic rings. The molecule has 2 unspecified atom stereocenters. The van der Waals surface area contributed by atoms with Crippen molar-refractivity contribution in [3.05, 3.63) is 48.6 Å². The van der Waals surface area contributed by atoms with Crippen molar-refractivity contribution < 1.29 is 17.1 Å². The summed E-state index contributed by atoms with van der Waals surface area (Å²) in [5, 5.41) is 0. The van der Waals surface area contributed by atoms with Crippen LogP contribution >= 0.6 is 31.9 Å². The molecule has 0 aromatic heterocycles. The Hall–Kier alpha value is 0.439. The molecule has 2 atom stereocenters. The second-order valence-electron chi connectivity index (χ2n) is 2.24. The Morgan fingerprint density at radius 3 is 1.31 bits per heavy atom. The molecule has 0 spiro atoms. The minimum absolute atomic E-state index is 0. The summed E-state index contributed by atoms with van der Waals surface area (Å²) >= 11 is 6.62. The van der Waals surface area contributed by atoms with E-state index in [1.807, 2.05) is 36.5 Å². The second kappa shape index (κ2) is 7.81. The summed E-state index contributed by atoms with van der Waals surface area (Å²) in [5.41, 5.74) is 0. The third-order valence-corrected chi connectivity index (χ3v) is 2.40. The van der Waals surface area contributed by atoms with Gasteiger partial charge in [0, 0.05) is 0 Å². The SMILES string of the molecule is BrC1[C-]=CC=C1.BrC1[C-]=CC=C1.[Fe+2]. The van der Waals surface area contributed by atoms with Gasteiger partial charge >= 0.3 is 17.1 Å². The maximum atomic E-state index is 3.31. The molecule has 13 heavy (non-hydrogen) atoms. The van der Waals surface area contributed by atoms with E-state index in [9.17, 15) is 0 Å². The summed E-state index contributed by atoms with van der Waals surface area (Å²) in [4.78, 5) is 0.745. The van der Waals surface area contributed by atoms with Gasteiger partial charge in [-0.15, -0.1) is 31.9 Å². The van der Waals surface area contributed by atoms with Gasteiger partial charge in [-0.3, -0.25) is 12.2 Å². The monoisotopic (exact) mass is 342 g/mol. The molecule has 0 saturated heterocycles. The minimum atomic E-state index is 0. The number of allylic oxidation sites excluding steroid dienone is 8. The number of hydrogen-bond donors (Lipinski definition) is 0. The molecule has 0 fully saturated rings. The summed E-state index contributed by atoms with van der Waals surface area (Å²) in [6.07, 6.45) is 17.8. The van der Waals surface area contributed by atoms with E-state index >= 15 is 0 Å². The average Bonchev–Trinajstić information content (AvgIpc) is 2.63. The summed E-state index contributed by atoms with van der Waals surface area (Å²) in [7, 11) is 0. The Labute approximate surface area is 107 Å². The van der Waals surface area contributed by atoms with Gasteiger partial charge in [0.2, 0.25) is 0 Å². The molecule has 0 amide bonds. The quantitative estimate of drug-likeness (QED) is 0.359. The number of hydrogen-bond acceptors (Lipinski definition) is 0. The van der Waals surface area contributed by atoms with Crippen LogP contribution in [-0.4, -0.2) is 9.65 Å². The molecule has 0 saturated carbocycles. The van der Waals surface area contributed by atoms with Crippen molar-refractivity contribution in [1.82, 2.24) is 0 Å². The van der Waals surface area contributed by atoms with E-state index in [1.165, 1.54) is 0 Å². The molecule has 0 aliphatic heterocycles. The van der Waals surface area contributed by atoms with E-state index in [4.69, 9.17) is 0 Å². The Morgan fingerprint density at radius 2 is 1.23 bits per heavy atom. The third kappa shape index (κ3) is 6.50. The first kappa shape index (κ1) is 13.4. The van der Waals surface area contributed by atoms with Crippen molar-refractivity contribution >= 4 is 31.9 Å². The fourth-order valence-corrected chi connectivity index (χ4v) is 1.37. The zero-order valence-electron chi connectivity index (χ0n) is 6.73. The smallest absolute Gasteiger partial charge is 0.259 e. The molecule has 0 nitrogen and oxygen atoms in total. The summed E-state index contributed by atoms with van der Waals surface area (Å²) < 4.78 is 0. The molecular weight excluding hydrogens is 336 g/mol. The fraction of sp³-hybridized carbons (Fsp3) is 0.200. The minimum Gasteiger partial charge on any atom is -0.259 e. The number of halogens is 2. The topological polar surface area (TPSA) is 0 Å². The van der Waals surface area contributed by atoms with Crippen LogP contribution in [-0.2, 0) is 17.1 Å². The van der Waals surface area contributed by atoms with Crippen LogP contribution in [0.2, 0.25) is 0 Å². The summed E-state index contributed by atoms with van der Waals surface area (Å²) in [5.74, 6) is 0. The Balaban J connectivity index is 0.000000206. The van der Waals surface area contributed by atoms with Crippen LogP contribution in [0.1, 0.15) is 0 Å². The van der Waals surface area contributed by atoms with E-state index in [1.54, 1.807) is 0 Å². The fourth-order valence-electron chi connectivity index (χ4n) is 0.712. The molecule has 70 valence electrons. The van der Waals surface area contributed by atoms with Crippen LogP contribution < -0.4 is 0 Å².